The average Bonchev–Trinajstić information content (AvgIpc) is 3.67. The number of aromatic nitrogens is 6. The predicted octanol–water partition coefficient (Wildman–Crippen LogP) is 7.26. The smallest absolute Gasteiger partial charge is 0.244 e. The maximum Gasteiger partial charge on any atom is 0.419 e. The number of benzene rings is 3. The largest absolute Gasteiger partial charge is 0.419 e. The van der Waals surface area contributed by atoms with Crippen molar-refractivity contribution in [2.45, 2.75) is 20.8 Å². The molecule has 0 aliphatic carbocycles. The van der Waals surface area contributed by atoms with Crippen LogP contribution in [0.1, 0.15) is 17.1 Å². The van der Waals surface area contributed by atoms with Crippen molar-refractivity contribution in [3.63, 3.8) is 0 Å². The molecule has 0 aliphatic heterocycles. The zero-order valence-electron chi connectivity index (χ0n) is 21.4. The molecule has 0 saturated carbocycles. The Morgan fingerprint density at radius 2 is 0.737 bits per heavy atom. The summed E-state index contributed by atoms with van der Waals surface area (Å²) in [6.07, 6.45) is 0. The molecule has 0 unspecified atom stereocenters. The maximum atomic E-state index is 15.5. The van der Waals surface area contributed by atoms with E-state index in [-0.39, 0.29) is 0 Å². The monoisotopic (exact) mass is 518 g/mol. The molecule has 3 aromatic carbocycles. The minimum Gasteiger partial charge on any atom is -0.244 e. The minimum absolute atomic E-state index is 0.740. The zero-order valence-corrected chi connectivity index (χ0v) is 22.3. The molecule has 0 bridgehead atoms. The van der Waals surface area contributed by atoms with Gasteiger partial charge >= 0.3 is 7.59 Å². The fraction of sp³-hybridized carbons (Fsp3) is 0.100. The normalized spacial score (nSPS) is 11.7. The summed E-state index contributed by atoms with van der Waals surface area (Å²) in [7, 11) is -3.77. The van der Waals surface area contributed by atoms with Gasteiger partial charge < -0.3 is 0 Å². The fourth-order valence-corrected chi connectivity index (χ4v) is 7.20. The topological polar surface area (TPSA) is 70.5 Å². The minimum atomic E-state index is -3.77. The Kier molecular flexibility index (Phi) is 5.93. The summed E-state index contributed by atoms with van der Waals surface area (Å²) in [5.41, 5.74) is 7.32. The number of hydrogen-bond acceptors (Lipinski definition) is 4. The van der Waals surface area contributed by atoms with E-state index in [0.29, 0.717) is 0 Å². The van der Waals surface area contributed by atoms with E-state index in [9.17, 15) is 0 Å². The van der Waals surface area contributed by atoms with Gasteiger partial charge in [-0.25, -0.2) is 4.57 Å². The quantitative estimate of drug-likeness (QED) is 0.218. The Labute approximate surface area is 221 Å². The van der Waals surface area contributed by atoms with Crippen LogP contribution in [0.2, 0.25) is 0 Å². The molecule has 0 spiro atoms. The van der Waals surface area contributed by atoms with Crippen molar-refractivity contribution in [3.05, 3.63) is 126 Å². The lowest BCUT2D eigenvalue weighted by atomic mass is 10.1. The van der Waals surface area contributed by atoms with Gasteiger partial charge in [0.05, 0.1) is 17.1 Å². The first-order valence-electron chi connectivity index (χ1n) is 12.4. The van der Waals surface area contributed by atoms with Crippen molar-refractivity contribution in [2.24, 2.45) is 0 Å². The summed E-state index contributed by atoms with van der Waals surface area (Å²) < 4.78 is 20.3. The van der Waals surface area contributed by atoms with Crippen molar-refractivity contribution >= 4 is 7.59 Å². The molecular weight excluding hydrogens is 491 g/mol. The number of nitrogens with zero attached hydrogens (tertiary/aromatic N) is 6. The van der Waals surface area contributed by atoms with E-state index in [1.807, 2.05) is 130 Å². The van der Waals surface area contributed by atoms with Crippen LogP contribution in [0.3, 0.4) is 0 Å². The molecule has 7 nitrogen and oxygen atoms in total. The molecule has 3 heterocycles. The maximum absolute atomic E-state index is 15.5. The standard InChI is InChI=1S/C30H27N6OP/c1-22-19-28(25-13-7-4-8-14-25)31-34(22)38(37,35-23(2)20-29(32-35)26-15-9-5-10-16-26)36-24(3)21-30(33-36)27-17-11-6-12-18-27/h4-21H,1-3H3. The Balaban J connectivity index is 1.59. The van der Waals surface area contributed by atoms with Gasteiger partial charge in [0.2, 0.25) is 0 Å². The van der Waals surface area contributed by atoms with E-state index < -0.39 is 7.59 Å². The third-order valence-corrected chi connectivity index (χ3v) is 9.24. The first-order chi connectivity index (χ1) is 18.4. The molecule has 188 valence electrons. The summed E-state index contributed by atoms with van der Waals surface area (Å²) in [4.78, 5) is 0. The van der Waals surface area contributed by atoms with Gasteiger partial charge in [0.25, 0.3) is 0 Å². The first-order valence-corrected chi connectivity index (χ1v) is 14.0. The summed E-state index contributed by atoms with van der Waals surface area (Å²) in [5.74, 6) is 0. The van der Waals surface area contributed by atoms with Crippen molar-refractivity contribution in [1.29, 1.82) is 0 Å². The van der Waals surface area contributed by atoms with Crippen LogP contribution in [0.15, 0.2) is 109 Å². The number of hydrogen-bond donors (Lipinski definition) is 0. The van der Waals surface area contributed by atoms with E-state index in [0.717, 1.165) is 50.9 Å². The Bertz CT molecular complexity index is 1560. The molecule has 0 radical (unpaired) electrons. The second kappa shape index (κ2) is 9.43. The summed E-state index contributed by atoms with van der Waals surface area (Å²) in [5, 5.41) is 14.6. The van der Waals surface area contributed by atoms with Crippen LogP contribution in [0.5, 0.6) is 0 Å². The van der Waals surface area contributed by atoms with Gasteiger partial charge in [0.15, 0.2) is 0 Å². The van der Waals surface area contributed by atoms with Crippen LogP contribution in [-0.2, 0) is 4.57 Å². The SMILES string of the molecule is Cc1cc(-c2ccccc2)nn1P(=O)(n1nc(-c2ccccc2)cc1C)n1nc(-c2ccccc2)cc1C. The number of aryl methyl sites for hydroxylation is 3. The van der Waals surface area contributed by atoms with Crippen molar-refractivity contribution < 1.29 is 4.57 Å². The fourth-order valence-electron chi connectivity index (χ4n) is 4.68. The second-order valence-electron chi connectivity index (χ2n) is 9.29. The Morgan fingerprint density at radius 3 is 1.00 bits per heavy atom. The highest BCUT2D eigenvalue weighted by Crippen LogP contribution is 2.52. The van der Waals surface area contributed by atoms with Crippen LogP contribution >= 0.6 is 7.59 Å². The summed E-state index contributed by atoms with van der Waals surface area (Å²) >= 11 is 0. The van der Waals surface area contributed by atoms with Crippen LogP contribution in [0.25, 0.3) is 33.8 Å². The first kappa shape index (κ1) is 23.9. The predicted molar refractivity (Wildman–Crippen MR) is 151 cm³/mol. The van der Waals surface area contributed by atoms with Crippen LogP contribution in [-0.4, -0.2) is 28.7 Å². The summed E-state index contributed by atoms with van der Waals surface area (Å²) in [6.45, 7) is 5.75. The molecule has 6 rings (SSSR count). The van der Waals surface area contributed by atoms with Gasteiger partial charge in [0.1, 0.15) is 0 Å². The molecule has 0 atom stereocenters. The van der Waals surface area contributed by atoms with Crippen LogP contribution in [0, 0.1) is 20.8 Å². The highest BCUT2D eigenvalue weighted by Gasteiger charge is 2.38. The lowest BCUT2D eigenvalue weighted by Gasteiger charge is -2.22. The van der Waals surface area contributed by atoms with Gasteiger partial charge in [-0.15, -0.1) is 0 Å². The van der Waals surface area contributed by atoms with Gasteiger partial charge in [-0.3, -0.25) is 0 Å². The molecule has 6 aromatic rings. The van der Waals surface area contributed by atoms with E-state index in [1.165, 1.54) is 0 Å². The molecule has 0 N–H and O–H groups in total. The molecule has 0 saturated heterocycles. The van der Waals surface area contributed by atoms with Gasteiger partial charge in [0, 0.05) is 33.8 Å². The molecule has 38 heavy (non-hydrogen) atoms. The highest BCUT2D eigenvalue weighted by molar-refractivity contribution is 7.59. The molecule has 8 heteroatoms. The van der Waals surface area contributed by atoms with E-state index >= 15 is 4.57 Å². The van der Waals surface area contributed by atoms with Crippen LogP contribution in [0.4, 0.5) is 0 Å². The Morgan fingerprint density at radius 1 is 0.474 bits per heavy atom. The van der Waals surface area contributed by atoms with E-state index in [2.05, 4.69) is 0 Å². The van der Waals surface area contributed by atoms with E-state index in [4.69, 9.17) is 15.3 Å². The molecule has 0 fully saturated rings. The highest BCUT2D eigenvalue weighted by atomic mass is 31.2. The third kappa shape index (κ3) is 4.01. The van der Waals surface area contributed by atoms with E-state index in [1.54, 1.807) is 13.4 Å². The van der Waals surface area contributed by atoms with Gasteiger partial charge in [-0.05, 0) is 39.0 Å². The summed E-state index contributed by atoms with van der Waals surface area (Å²) in [6, 6.07) is 35.6. The zero-order chi connectivity index (χ0) is 26.3. The number of rotatable bonds is 6. The molecule has 0 amide bonds. The second-order valence-corrected chi connectivity index (χ2v) is 11.5. The molecule has 3 aromatic heterocycles. The average molecular weight is 519 g/mol. The lowest BCUT2D eigenvalue weighted by Crippen LogP contribution is -2.19. The van der Waals surface area contributed by atoms with Crippen molar-refractivity contribution in [2.75, 3.05) is 0 Å². The van der Waals surface area contributed by atoms with Gasteiger partial charge in [-0.2, -0.15) is 28.7 Å². The third-order valence-electron chi connectivity index (χ3n) is 6.54. The molecular formula is C30H27N6OP. The van der Waals surface area contributed by atoms with Crippen LogP contribution < -0.4 is 0 Å². The molecule has 0 aliphatic rings. The van der Waals surface area contributed by atoms with Gasteiger partial charge in [-0.1, -0.05) is 91.0 Å². The van der Waals surface area contributed by atoms with Crippen molar-refractivity contribution in [3.8, 4) is 33.8 Å². The van der Waals surface area contributed by atoms with Crippen molar-refractivity contribution in [1.82, 2.24) is 28.7 Å². The Hall–Kier alpha value is -4.48. The lowest BCUT2D eigenvalue weighted by molar-refractivity contribution is 0.530.